The first-order valence-electron chi connectivity index (χ1n) is 13.2. The number of methoxy groups -OCH3 is 4. The van der Waals surface area contributed by atoms with Crippen molar-refractivity contribution in [1.29, 1.82) is 0 Å². The maximum absolute atomic E-state index is 12.3. The van der Waals surface area contributed by atoms with Crippen molar-refractivity contribution in [3.8, 4) is 45.3 Å². The predicted molar refractivity (Wildman–Crippen MR) is 158 cm³/mol. The van der Waals surface area contributed by atoms with E-state index in [0.29, 0.717) is 45.3 Å². The Hall–Kier alpha value is -5.90. The predicted octanol–water partition coefficient (Wildman–Crippen LogP) is 6.63. The minimum absolute atomic E-state index is 0.239. The maximum atomic E-state index is 12.3. The summed E-state index contributed by atoms with van der Waals surface area (Å²) in [5.74, 6) is -0.375. The molecule has 0 saturated heterocycles. The van der Waals surface area contributed by atoms with Gasteiger partial charge in [0.2, 0.25) is 0 Å². The first-order valence-corrected chi connectivity index (χ1v) is 13.2. The summed E-state index contributed by atoms with van der Waals surface area (Å²) in [6.07, 6.45) is 0. The molecule has 222 valence electrons. The van der Waals surface area contributed by atoms with Crippen LogP contribution in [0.15, 0.2) is 84.9 Å². The van der Waals surface area contributed by atoms with E-state index in [0.717, 1.165) is 0 Å². The van der Waals surface area contributed by atoms with E-state index in [1.807, 2.05) is 0 Å². The number of esters is 4. The molecule has 0 bridgehead atoms. The lowest BCUT2D eigenvalue weighted by atomic mass is 10.1. The van der Waals surface area contributed by atoms with E-state index in [-0.39, 0.29) is 22.3 Å². The van der Waals surface area contributed by atoms with Gasteiger partial charge in [-0.15, -0.1) is 0 Å². The first-order chi connectivity index (χ1) is 21.3. The van der Waals surface area contributed by atoms with Gasteiger partial charge in [0.05, 0.1) is 50.7 Å². The summed E-state index contributed by atoms with van der Waals surface area (Å²) in [6, 6.07) is 23.2. The van der Waals surface area contributed by atoms with E-state index in [1.165, 1.54) is 40.6 Å². The average Bonchev–Trinajstić information content (AvgIpc) is 3.44. The molecule has 1 aromatic rings. The Labute approximate surface area is 252 Å². The van der Waals surface area contributed by atoms with Crippen LogP contribution in [-0.4, -0.2) is 52.3 Å². The number of benzene rings is 1. The highest BCUT2D eigenvalue weighted by Gasteiger charge is 2.26. The minimum atomic E-state index is -0.576. The molecule has 0 unspecified atom stereocenters. The Morgan fingerprint density at radius 2 is 0.568 bits per heavy atom. The largest absolute Gasteiger partial charge is 0.465 e. The van der Waals surface area contributed by atoms with Gasteiger partial charge in [-0.25, -0.2) is 19.2 Å². The summed E-state index contributed by atoms with van der Waals surface area (Å²) >= 11 is 0. The van der Waals surface area contributed by atoms with Crippen molar-refractivity contribution in [1.82, 2.24) is 0 Å². The second-order valence-corrected chi connectivity index (χ2v) is 9.38. The van der Waals surface area contributed by atoms with Crippen molar-refractivity contribution in [2.45, 2.75) is 0 Å². The average molecular weight is 595 g/mol. The molecule has 0 spiro atoms. The molecule has 1 aromatic carbocycles. The second-order valence-electron chi connectivity index (χ2n) is 9.38. The fourth-order valence-corrected chi connectivity index (χ4v) is 4.77. The summed E-state index contributed by atoms with van der Waals surface area (Å²) in [4.78, 5) is 49.2. The van der Waals surface area contributed by atoms with Gasteiger partial charge in [-0.05, 0) is 107 Å². The highest BCUT2D eigenvalue weighted by Crippen LogP contribution is 2.37. The van der Waals surface area contributed by atoms with E-state index in [9.17, 15) is 19.2 Å². The SMILES string of the molecule is COC(=O)c1cc(C(=O)OC)c2ccc(Oc3ccc(Oc4ccc5c(C(=O)OC)cc(C(=O)OC)c-5cc4)cc3)ccc1-2. The quantitative estimate of drug-likeness (QED) is 0.143. The molecule has 0 radical (unpaired) electrons. The van der Waals surface area contributed by atoms with Crippen LogP contribution in [0, 0.1) is 0 Å². The molecule has 44 heavy (non-hydrogen) atoms. The van der Waals surface area contributed by atoms with E-state index in [4.69, 9.17) is 28.4 Å². The third-order valence-electron chi connectivity index (χ3n) is 6.89. The number of rotatable bonds is 8. The van der Waals surface area contributed by atoms with E-state index in [2.05, 4.69) is 0 Å². The van der Waals surface area contributed by atoms with Crippen LogP contribution < -0.4 is 9.47 Å². The van der Waals surface area contributed by atoms with E-state index in [1.54, 1.807) is 72.8 Å². The van der Waals surface area contributed by atoms with Crippen molar-refractivity contribution in [3.05, 3.63) is 107 Å². The van der Waals surface area contributed by atoms with Crippen molar-refractivity contribution in [2.24, 2.45) is 0 Å². The Bertz CT molecular complexity index is 1590. The van der Waals surface area contributed by atoms with Crippen LogP contribution in [0.3, 0.4) is 0 Å². The van der Waals surface area contributed by atoms with E-state index < -0.39 is 23.9 Å². The van der Waals surface area contributed by atoms with Crippen LogP contribution in [0.1, 0.15) is 41.4 Å². The lowest BCUT2D eigenvalue weighted by molar-refractivity contribution is 0.0586. The van der Waals surface area contributed by atoms with Gasteiger partial charge in [-0.2, -0.15) is 0 Å². The highest BCUT2D eigenvalue weighted by atomic mass is 16.5. The van der Waals surface area contributed by atoms with Gasteiger partial charge in [0, 0.05) is 0 Å². The summed E-state index contributed by atoms with van der Waals surface area (Å²) < 4.78 is 31.5. The molecule has 0 atom stereocenters. The molecule has 0 amide bonds. The monoisotopic (exact) mass is 594 g/mol. The molecule has 0 heterocycles. The standard InChI is InChI=1S/C34H26O10/c1-39-31(35)27-17-28(32(36)40-2)24-14-10-21(9-13-23(24)27)43-19-5-7-20(8-6-19)44-22-11-15-25-26(16-12-22)30(34(38)42-4)18-29(25)33(37)41-3/h5-18H,1-4H3. The Balaban J connectivity index is 1.38. The number of carbonyl (C=O) groups is 4. The van der Waals surface area contributed by atoms with Gasteiger partial charge >= 0.3 is 23.9 Å². The van der Waals surface area contributed by atoms with Gasteiger partial charge in [0.1, 0.15) is 23.0 Å². The minimum Gasteiger partial charge on any atom is -0.465 e. The third kappa shape index (κ3) is 5.73. The molecule has 0 N–H and O–H groups in total. The normalized spacial score (nSPS) is 10.6. The Morgan fingerprint density at radius 1 is 0.364 bits per heavy atom. The number of fused-ring (bicyclic) bond motifs is 2. The molecule has 10 nitrogen and oxygen atoms in total. The molecule has 5 rings (SSSR count). The molecule has 10 heteroatoms. The highest BCUT2D eigenvalue weighted by molar-refractivity contribution is 6.09. The summed E-state index contributed by atoms with van der Waals surface area (Å²) in [6.45, 7) is 0. The van der Waals surface area contributed by atoms with Crippen LogP contribution in [0.2, 0.25) is 0 Å². The molecule has 0 aromatic heterocycles. The third-order valence-corrected chi connectivity index (χ3v) is 6.89. The van der Waals surface area contributed by atoms with Crippen molar-refractivity contribution in [2.75, 3.05) is 28.4 Å². The lowest BCUT2D eigenvalue weighted by Gasteiger charge is -2.07. The van der Waals surface area contributed by atoms with E-state index >= 15 is 0 Å². The van der Waals surface area contributed by atoms with Crippen LogP contribution in [0.5, 0.6) is 23.0 Å². The van der Waals surface area contributed by atoms with Crippen molar-refractivity contribution in [3.63, 3.8) is 0 Å². The van der Waals surface area contributed by atoms with Gasteiger partial charge in [0.15, 0.2) is 0 Å². The number of hydrogen-bond donors (Lipinski definition) is 0. The zero-order valence-electron chi connectivity index (χ0n) is 24.2. The first kappa shape index (κ1) is 29.6. The summed E-state index contributed by atoms with van der Waals surface area (Å²) in [7, 11) is 5.08. The van der Waals surface area contributed by atoms with Crippen molar-refractivity contribution < 1.29 is 47.6 Å². The van der Waals surface area contributed by atoms with Crippen LogP contribution >= 0.6 is 0 Å². The molecular formula is C34H26O10. The van der Waals surface area contributed by atoms with Crippen LogP contribution in [0.4, 0.5) is 0 Å². The number of ether oxygens (including phenoxy) is 6. The maximum Gasteiger partial charge on any atom is 0.338 e. The Morgan fingerprint density at radius 3 is 0.773 bits per heavy atom. The number of carbonyl (C=O) groups excluding carboxylic acids is 4. The van der Waals surface area contributed by atoms with Crippen molar-refractivity contribution >= 4 is 23.9 Å². The van der Waals surface area contributed by atoms with Crippen LogP contribution in [0.25, 0.3) is 22.3 Å². The summed E-state index contributed by atoms with van der Waals surface area (Å²) in [5.41, 5.74) is 3.02. The fourth-order valence-electron chi connectivity index (χ4n) is 4.77. The molecular weight excluding hydrogens is 568 g/mol. The molecule has 0 aliphatic heterocycles. The topological polar surface area (TPSA) is 124 Å². The zero-order valence-corrected chi connectivity index (χ0v) is 24.2. The summed E-state index contributed by atoms with van der Waals surface area (Å²) in [5, 5.41) is 0. The van der Waals surface area contributed by atoms with Gasteiger partial charge < -0.3 is 28.4 Å². The number of hydrogen-bond acceptors (Lipinski definition) is 10. The zero-order chi connectivity index (χ0) is 31.4. The Kier molecular flexibility index (Phi) is 8.43. The van der Waals surface area contributed by atoms with Gasteiger partial charge in [-0.1, -0.05) is 0 Å². The second kappa shape index (κ2) is 12.5. The van der Waals surface area contributed by atoms with Gasteiger partial charge in [-0.3, -0.25) is 0 Å². The molecule has 0 saturated carbocycles. The lowest BCUT2D eigenvalue weighted by Crippen LogP contribution is -2.01. The smallest absolute Gasteiger partial charge is 0.338 e. The molecule has 0 fully saturated rings. The van der Waals surface area contributed by atoms with Gasteiger partial charge in [0.25, 0.3) is 0 Å². The molecule has 4 aliphatic carbocycles. The molecule has 4 aliphatic rings. The van der Waals surface area contributed by atoms with Crippen LogP contribution in [-0.2, 0) is 18.9 Å². The fraction of sp³-hybridized carbons (Fsp3) is 0.118.